The van der Waals surface area contributed by atoms with Crippen LogP contribution in [0.5, 0.6) is 0 Å². The number of nitrogens with one attached hydrogen (secondary N) is 1. The second-order valence-corrected chi connectivity index (χ2v) is 6.12. The molecule has 0 amide bonds. The summed E-state index contributed by atoms with van der Waals surface area (Å²) in [5.41, 5.74) is 2.79. The lowest BCUT2D eigenvalue weighted by Crippen LogP contribution is -2.26. The first kappa shape index (κ1) is 13.7. The van der Waals surface area contributed by atoms with Crippen LogP contribution in [0.3, 0.4) is 0 Å². The van der Waals surface area contributed by atoms with Crippen molar-refractivity contribution in [2.24, 2.45) is 5.92 Å². The molecule has 0 aromatic heterocycles. The van der Waals surface area contributed by atoms with E-state index in [4.69, 9.17) is 0 Å². The molecule has 2 saturated heterocycles. The van der Waals surface area contributed by atoms with Gasteiger partial charge in [0, 0.05) is 37.6 Å². The van der Waals surface area contributed by atoms with E-state index >= 15 is 0 Å². The number of benzene rings is 1. The van der Waals surface area contributed by atoms with E-state index in [1.807, 2.05) is 0 Å². The molecule has 3 nitrogen and oxygen atoms in total. The quantitative estimate of drug-likeness (QED) is 0.890. The van der Waals surface area contributed by atoms with Gasteiger partial charge in [0.25, 0.3) is 0 Å². The van der Waals surface area contributed by atoms with Crippen molar-refractivity contribution in [1.82, 2.24) is 5.32 Å². The minimum Gasteiger partial charge on any atom is -0.372 e. The smallest absolute Gasteiger partial charge is 0.0367 e. The molecule has 110 valence electrons. The summed E-state index contributed by atoms with van der Waals surface area (Å²) in [7, 11) is 0. The summed E-state index contributed by atoms with van der Waals surface area (Å²) in [5, 5.41) is 3.48. The lowest BCUT2D eigenvalue weighted by atomic mass is 10.1. The van der Waals surface area contributed by atoms with Gasteiger partial charge >= 0.3 is 0 Å². The first-order valence-corrected chi connectivity index (χ1v) is 8.17. The van der Waals surface area contributed by atoms with Crippen LogP contribution in [0.2, 0.25) is 0 Å². The van der Waals surface area contributed by atoms with Gasteiger partial charge in [0.15, 0.2) is 0 Å². The van der Waals surface area contributed by atoms with Crippen LogP contribution in [0.15, 0.2) is 24.3 Å². The lowest BCUT2D eigenvalue weighted by Gasteiger charge is -2.22. The predicted molar refractivity (Wildman–Crippen MR) is 86.8 cm³/mol. The summed E-state index contributed by atoms with van der Waals surface area (Å²) >= 11 is 0. The summed E-state index contributed by atoms with van der Waals surface area (Å²) in [6.45, 7) is 9.31. The maximum absolute atomic E-state index is 3.48. The van der Waals surface area contributed by atoms with E-state index in [9.17, 15) is 0 Å². The molecular formula is C17H27N3. The Morgan fingerprint density at radius 2 is 1.65 bits per heavy atom. The van der Waals surface area contributed by atoms with Gasteiger partial charge in [0.1, 0.15) is 0 Å². The molecule has 0 spiro atoms. The molecule has 1 aromatic rings. The Morgan fingerprint density at radius 3 is 2.30 bits per heavy atom. The van der Waals surface area contributed by atoms with E-state index in [2.05, 4.69) is 46.3 Å². The van der Waals surface area contributed by atoms with Crippen LogP contribution < -0.4 is 15.1 Å². The number of rotatable bonds is 5. The van der Waals surface area contributed by atoms with Gasteiger partial charge in [-0.3, -0.25) is 0 Å². The van der Waals surface area contributed by atoms with Crippen LogP contribution >= 0.6 is 0 Å². The monoisotopic (exact) mass is 273 g/mol. The molecule has 1 atom stereocenters. The zero-order valence-electron chi connectivity index (χ0n) is 12.6. The Labute approximate surface area is 123 Å². The minimum atomic E-state index is 0.813. The molecule has 2 heterocycles. The van der Waals surface area contributed by atoms with Gasteiger partial charge in [-0.2, -0.15) is 0 Å². The molecule has 0 saturated carbocycles. The fourth-order valence-corrected chi connectivity index (χ4v) is 3.43. The molecule has 1 unspecified atom stereocenters. The Kier molecular flexibility index (Phi) is 4.46. The molecule has 0 bridgehead atoms. The first-order valence-electron chi connectivity index (χ1n) is 8.17. The van der Waals surface area contributed by atoms with Crippen molar-refractivity contribution in [2.75, 3.05) is 49.1 Å². The Bertz CT molecular complexity index is 409. The SMILES string of the molecule is CCNCC1CCN(c2ccc(N3CCCC3)cc2)C1. The van der Waals surface area contributed by atoms with Crippen molar-refractivity contribution in [3.8, 4) is 0 Å². The summed E-state index contributed by atoms with van der Waals surface area (Å²) in [5.74, 6) is 0.813. The number of hydrogen-bond acceptors (Lipinski definition) is 3. The topological polar surface area (TPSA) is 18.5 Å². The molecule has 2 aliphatic heterocycles. The highest BCUT2D eigenvalue weighted by molar-refractivity contribution is 5.57. The van der Waals surface area contributed by atoms with Crippen molar-refractivity contribution >= 4 is 11.4 Å². The van der Waals surface area contributed by atoms with Gasteiger partial charge in [0.05, 0.1) is 0 Å². The highest BCUT2D eigenvalue weighted by Gasteiger charge is 2.22. The first-order chi connectivity index (χ1) is 9.86. The second-order valence-electron chi connectivity index (χ2n) is 6.12. The molecular weight excluding hydrogens is 246 g/mol. The molecule has 3 rings (SSSR count). The van der Waals surface area contributed by atoms with Crippen LogP contribution in [0.4, 0.5) is 11.4 Å². The normalized spacial score (nSPS) is 22.8. The van der Waals surface area contributed by atoms with Gasteiger partial charge < -0.3 is 15.1 Å². The lowest BCUT2D eigenvalue weighted by molar-refractivity contribution is 0.528. The van der Waals surface area contributed by atoms with E-state index in [-0.39, 0.29) is 0 Å². The van der Waals surface area contributed by atoms with E-state index in [0.29, 0.717) is 0 Å². The molecule has 0 aliphatic carbocycles. The van der Waals surface area contributed by atoms with Crippen molar-refractivity contribution in [1.29, 1.82) is 0 Å². The van der Waals surface area contributed by atoms with Gasteiger partial charge in [-0.1, -0.05) is 6.92 Å². The highest BCUT2D eigenvalue weighted by Crippen LogP contribution is 2.27. The average molecular weight is 273 g/mol. The molecule has 20 heavy (non-hydrogen) atoms. The van der Waals surface area contributed by atoms with Crippen molar-refractivity contribution in [2.45, 2.75) is 26.2 Å². The minimum absolute atomic E-state index is 0.813. The van der Waals surface area contributed by atoms with E-state index in [1.165, 1.54) is 63.4 Å². The van der Waals surface area contributed by atoms with Crippen LogP contribution in [-0.2, 0) is 0 Å². The van der Waals surface area contributed by atoms with Crippen molar-refractivity contribution in [3.05, 3.63) is 24.3 Å². The van der Waals surface area contributed by atoms with Crippen LogP contribution in [0.25, 0.3) is 0 Å². The zero-order chi connectivity index (χ0) is 13.8. The number of hydrogen-bond donors (Lipinski definition) is 1. The number of anilines is 2. The average Bonchev–Trinajstić information content (AvgIpc) is 3.17. The fraction of sp³-hybridized carbons (Fsp3) is 0.647. The van der Waals surface area contributed by atoms with Gasteiger partial charge in [-0.05, 0) is 62.5 Å². The van der Waals surface area contributed by atoms with Gasteiger partial charge in [0.2, 0.25) is 0 Å². The molecule has 0 radical (unpaired) electrons. The van der Waals surface area contributed by atoms with Crippen LogP contribution in [0.1, 0.15) is 26.2 Å². The van der Waals surface area contributed by atoms with Crippen LogP contribution in [0, 0.1) is 5.92 Å². The maximum Gasteiger partial charge on any atom is 0.0367 e. The van der Waals surface area contributed by atoms with E-state index in [1.54, 1.807) is 0 Å². The standard InChI is InChI=1S/C17H27N3/c1-2-18-13-15-9-12-20(14-15)17-7-5-16(6-8-17)19-10-3-4-11-19/h5-8,15,18H,2-4,9-14H2,1H3. The van der Waals surface area contributed by atoms with Gasteiger partial charge in [-0.25, -0.2) is 0 Å². The van der Waals surface area contributed by atoms with E-state index in [0.717, 1.165) is 12.5 Å². The largest absolute Gasteiger partial charge is 0.372 e. The third-order valence-electron chi connectivity index (χ3n) is 4.65. The Morgan fingerprint density at radius 1 is 1.00 bits per heavy atom. The summed E-state index contributed by atoms with van der Waals surface area (Å²) < 4.78 is 0. The van der Waals surface area contributed by atoms with Crippen molar-refractivity contribution < 1.29 is 0 Å². The summed E-state index contributed by atoms with van der Waals surface area (Å²) in [6.07, 6.45) is 4.01. The predicted octanol–water partition coefficient (Wildman–Crippen LogP) is 2.72. The molecule has 1 N–H and O–H groups in total. The maximum atomic E-state index is 3.48. The van der Waals surface area contributed by atoms with Gasteiger partial charge in [-0.15, -0.1) is 0 Å². The van der Waals surface area contributed by atoms with Crippen molar-refractivity contribution in [3.63, 3.8) is 0 Å². The Balaban J connectivity index is 1.58. The molecule has 1 aromatic carbocycles. The second kappa shape index (κ2) is 6.49. The third-order valence-corrected chi connectivity index (χ3v) is 4.65. The summed E-state index contributed by atoms with van der Waals surface area (Å²) in [4.78, 5) is 5.04. The summed E-state index contributed by atoms with van der Waals surface area (Å²) in [6, 6.07) is 9.23. The Hall–Kier alpha value is -1.22. The van der Waals surface area contributed by atoms with Crippen LogP contribution in [-0.4, -0.2) is 39.3 Å². The third kappa shape index (κ3) is 3.09. The molecule has 2 fully saturated rings. The molecule has 2 aliphatic rings. The zero-order valence-corrected chi connectivity index (χ0v) is 12.6. The fourth-order valence-electron chi connectivity index (χ4n) is 3.43. The molecule has 3 heteroatoms. The highest BCUT2D eigenvalue weighted by atomic mass is 15.2. The number of nitrogens with zero attached hydrogens (tertiary/aromatic N) is 2. The van der Waals surface area contributed by atoms with E-state index < -0.39 is 0 Å².